The van der Waals surface area contributed by atoms with Gasteiger partial charge in [-0.1, -0.05) is 69.7 Å². The van der Waals surface area contributed by atoms with Gasteiger partial charge in [0.15, 0.2) is 11.6 Å². The molecular formula is C25H34N2O2. The van der Waals surface area contributed by atoms with Crippen molar-refractivity contribution in [3.05, 3.63) is 42.2 Å². The SMILES string of the molecule is CCCCCCCC1CCC(c2ccc(-c3ncc(OC(C)=O)cn3)cc2)CC1. The number of carbonyl (C=O) groups excluding carboxylic acids is 1. The Morgan fingerprint density at radius 3 is 2.24 bits per heavy atom. The van der Waals surface area contributed by atoms with Crippen LogP contribution >= 0.6 is 0 Å². The molecule has 156 valence electrons. The quantitative estimate of drug-likeness (QED) is 0.350. The number of benzene rings is 1. The number of unbranched alkanes of at least 4 members (excludes halogenated alkanes) is 4. The first-order valence-electron chi connectivity index (χ1n) is 11.3. The number of rotatable bonds is 9. The molecule has 2 aromatic rings. The third-order valence-electron chi connectivity index (χ3n) is 6.09. The highest BCUT2D eigenvalue weighted by atomic mass is 16.5. The molecule has 1 aromatic heterocycles. The van der Waals surface area contributed by atoms with Gasteiger partial charge in [-0.2, -0.15) is 0 Å². The Hall–Kier alpha value is -2.23. The Labute approximate surface area is 175 Å². The number of hydrogen-bond donors (Lipinski definition) is 0. The topological polar surface area (TPSA) is 52.1 Å². The van der Waals surface area contributed by atoms with Crippen molar-refractivity contribution >= 4 is 5.97 Å². The molecule has 0 aliphatic heterocycles. The normalized spacial score (nSPS) is 19.1. The van der Waals surface area contributed by atoms with E-state index in [0.29, 0.717) is 17.5 Å². The highest BCUT2D eigenvalue weighted by Gasteiger charge is 2.22. The fraction of sp³-hybridized carbons (Fsp3) is 0.560. The van der Waals surface area contributed by atoms with E-state index in [0.717, 1.165) is 11.5 Å². The summed E-state index contributed by atoms with van der Waals surface area (Å²) < 4.78 is 4.99. The lowest BCUT2D eigenvalue weighted by Crippen LogP contribution is -2.13. The summed E-state index contributed by atoms with van der Waals surface area (Å²) in [6.07, 6.45) is 16.9. The molecule has 0 amide bonds. The number of esters is 1. The van der Waals surface area contributed by atoms with Crippen LogP contribution in [0.25, 0.3) is 11.4 Å². The Balaban J connectivity index is 1.47. The zero-order valence-electron chi connectivity index (χ0n) is 17.9. The van der Waals surface area contributed by atoms with Crippen molar-refractivity contribution in [2.45, 2.75) is 84.0 Å². The standard InChI is InChI=1S/C25H34N2O2/c1-3-4-5-6-7-8-20-9-11-21(12-10-20)22-13-15-23(16-14-22)25-26-17-24(18-27-25)29-19(2)28/h13-18,20-21H,3-12H2,1-2H3. The maximum absolute atomic E-state index is 11.0. The summed E-state index contributed by atoms with van der Waals surface area (Å²) in [6.45, 7) is 3.65. The average Bonchev–Trinajstić information content (AvgIpc) is 2.74. The Morgan fingerprint density at radius 2 is 1.62 bits per heavy atom. The van der Waals surface area contributed by atoms with Crippen LogP contribution in [0.1, 0.15) is 89.5 Å². The maximum atomic E-state index is 11.0. The zero-order chi connectivity index (χ0) is 20.5. The third kappa shape index (κ3) is 6.66. The lowest BCUT2D eigenvalue weighted by molar-refractivity contribution is -0.131. The van der Waals surface area contributed by atoms with E-state index in [4.69, 9.17) is 4.74 Å². The number of ether oxygens (including phenoxy) is 1. The first kappa shape index (κ1) is 21.5. The Bertz CT molecular complexity index is 747. The number of hydrogen-bond acceptors (Lipinski definition) is 4. The Morgan fingerprint density at radius 1 is 0.966 bits per heavy atom. The number of nitrogens with zero attached hydrogens (tertiary/aromatic N) is 2. The van der Waals surface area contributed by atoms with Crippen molar-refractivity contribution in [2.24, 2.45) is 5.92 Å². The minimum atomic E-state index is -0.364. The summed E-state index contributed by atoms with van der Waals surface area (Å²) in [5.74, 6) is 2.29. The second-order valence-corrected chi connectivity index (χ2v) is 8.38. The van der Waals surface area contributed by atoms with Gasteiger partial charge >= 0.3 is 5.97 Å². The molecule has 1 aromatic carbocycles. The molecule has 1 aliphatic carbocycles. The van der Waals surface area contributed by atoms with Gasteiger partial charge in [-0.3, -0.25) is 4.79 Å². The molecule has 29 heavy (non-hydrogen) atoms. The van der Waals surface area contributed by atoms with Gasteiger partial charge in [0.1, 0.15) is 0 Å². The van der Waals surface area contributed by atoms with E-state index in [-0.39, 0.29) is 5.97 Å². The molecule has 0 radical (unpaired) electrons. The van der Waals surface area contributed by atoms with Crippen LogP contribution in [0, 0.1) is 5.92 Å². The monoisotopic (exact) mass is 394 g/mol. The van der Waals surface area contributed by atoms with Gasteiger partial charge in [-0.05, 0) is 43.1 Å². The smallest absolute Gasteiger partial charge is 0.308 e. The fourth-order valence-corrected chi connectivity index (χ4v) is 4.41. The highest BCUT2D eigenvalue weighted by molar-refractivity contribution is 5.69. The van der Waals surface area contributed by atoms with Gasteiger partial charge in [0.25, 0.3) is 0 Å². The minimum Gasteiger partial charge on any atom is -0.423 e. The number of aromatic nitrogens is 2. The van der Waals surface area contributed by atoms with Crippen LogP contribution in [0.5, 0.6) is 5.75 Å². The van der Waals surface area contributed by atoms with Gasteiger partial charge in [0, 0.05) is 12.5 Å². The summed E-state index contributed by atoms with van der Waals surface area (Å²) >= 11 is 0. The average molecular weight is 395 g/mol. The van der Waals surface area contributed by atoms with E-state index in [2.05, 4.69) is 41.2 Å². The van der Waals surface area contributed by atoms with Crippen LogP contribution in [-0.4, -0.2) is 15.9 Å². The molecule has 0 bridgehead atoms. The van der Waals surface area contributed by atoms with E-state index in [1.807, 2.05) is 0 Å². The third-order valence-corrected chi connectivity index (χ3v) is 6.09. The first-order chi connectivity index (χ1) is 14.2. The lowest BCUT2D eigenvalue weighted by Gasteiger charge is -2.29. The van der Waals surface area contributed by atoms with E-state index < -0.39 is 0 Å². The maximum Gasteiger partial charge on any atom is 0.308 e. The van der Waals surface area contributed by atoms with Crippen molar-refractivity contribution in [3.8, 4) is 17.1 Å². The van der Waals surface area contributed by atoms with Crippen molar-refractivity contribution in [2.75, 3.05) is 0 Å². The summed E-state index contributed by atoms with van der Waals surface area (Å²) in [5, 5.41) is 0. The zero-order valence-corrected chi connectivity index (χ0v) is 17.9. The van der Waals surface area contributed by atoms with Crippen molar-refractivity contribution < 1.29 is 9.53 Å². The molecule has 1 saturated carbocycles. The molecule has 0 N–H and O–H groups in total. The second kappa shape index (κ2) is 11.1. The summed E-state index contributed by atoms with van der Waals surface area (Å²) in [4.78, 5) is 19.6. The molecular weight excluding hydrogens is 360 g/mol. The molecule has 0 spiro atoms. The Kier molecular flexibility index (Phi) is 8.21. The predicted octanol–water partition coefficient (Wildman–Crippen LogP) is 6.70. The lowest BCUT2D eigenvalue weighted by atomic mass is 9.77. The van der Waals surface area contributed by atoms with Gasteiger partial charge in [0.05, 0.1) is 12.4 Å². The van der Waals surface area contributed by atoms with Crippen molar-refractivity contribution in [1.29, 1.82) is 0 Å². The second-order valence-electron chi connectivity index (χ2n) is 8.38. The number of carbonyl (C=O) groups is 1. The van der Waals surface area contributed by atoms with Gasteiger partial charge in [-0.25, -0.2) is 9.97 Å². The molecule has 1 fully saturated rings. The fourth-order valence-electron chi connectivity index (χ4n) is 4.41. The molecule has 0 unspecified atom stereocenters. The van der Waals surface area contributed by atoms with Gasteiger partial charge in [0.2, 0.25) is 0 Å². The van der Waals surface area contributed by atoms with E-state index in [1.54, 1.807) is 12.4 Å². The van der Waals surface area contributed by atoms with E-state index in [9.17, 15) is 4.79 Å². The van der Waals surface area contributed by atoms with Gasteiger partial charge in [-0.15, -0.1) is 0 Å². The van der Waals surface area contributed by atoms with Crippen LogP contribution in [0.15, 0.2) is 36.7 Å². The summed E-state index contributed by atoms with van der Waals surface area (Å²) in [5.41, 5.74) is 2.43. The van der Waals surface area contributed by atoms with Crippen molar-refractivity contribution in [3.63, 3.8) is 0 Å². The largest absolute Gasteiger partial charge is 0.423 e. The predicted molar refractivity (Wildman–Crippen MR) is 117 cm³/mol. The highest BCUT2D eigenvalue weighted by Crippen LogP contribution is 2.38. The van der Waals surface area contributed by atoms with E-state index in [1.165, 1.54) is 76.7 Å². The molecule has 0 saturated heterocycles. The van der Waals surface area contributed by atoms with Crippen LogP contribution in [0.3, 0.4) is 0 Å². The summed E-state index contributed by atoms with van der Waals surface area (Å²) in [6, 6.07) is 8.68. The molecule has 4 heteroatoms. The van der Waals surface area contributed by atoms with Crippen LogP contribution in [0.4, 0.5) is 0 Å². The molecule has 1 heterocycles. The van der Waals surface area contributed by atoms with Crippen LogP contribution in [-0.2, 0) is 4.79 Å². The summed E-state index contributed by atoms with van der Waals surface area (Å²) in [7, 11) is 0. The van der Waals surface area contributed by atoms with Gasteiger partial charge < -0.3 is 4.74 Å². The van der Waals surface area contributed by atoms with Crippen molar-refractivity contribution in [1.82, 2.24) is 9.97 Å². The van der Waals surface area contributed by atoms with Crippen LogP contribution in [0.2, 0.25) is 0 Å². The molecule has 3 rings (SSSR count). The minimum absolute atomic E-state index is 0.364. The first-order valence-corrected chi connectivity index (χ1v) is 11.3. The molecule has 0 atom stereocenters. The molecule has 1 aliphatic rings. The van der Waals surface area contributed by atoms with E-state index >= 15 is 0 Å². The van der Waals surface area contributed by atoms with Crippen LogP contribution < -0.4 is 4.74 Å². The molecule has 4 nitrogen and oxygen atoms in total.